The molecule has 0 aliphatic carbocycles. The molecule has 168 valence electrons. The molecule has 32 heavy (non-hydrogen) atoms. The molecule has 2 atom stereocenters. The van der Waals surface area contributed by atoms with Crippen molar-refractivity contribution in [2.45, 2.75) is 44.8 Å². The summed E-state index contributed by atoms with van der Waals surface area (Å²) in [6.45, 7) is 3.59. The Labute approximate surface area is 190 Å². The lowest BCUT2D eigenvalue weighted by Crippen LogP contribution is -2.35. The van der Waals surface area contributed by atoms with Crippen LogP contribution in [0.1, 0.15) is 43.5 Å². The van der Waals surface area contributed by atoms with Crippen LogP contribution in [-0.4, -0.2) is 52.6 Å². The van der Waals surface area contributed by atoms with Gasteiger partial charge in [0.2, 0.25) is 5.91 Å². The standard InChI is InChI=1S/C26H32N4O2/c1-19(24-17-25(28-27-24)21-9-5-4-6-10-21)29(2)22-12-13-26(31)30(15-14-22)18-20-8-7-11-23(16-20)32-3/h4-11,16-17,19,22H,12-15,18H2,1-3H3,(H,27,28). The van der Waals surface area contributed by atoms with Crippen molar-refractivity contribution < 1.29 is 9.53 Å². The molecular weight excluding hydrogens is 400 g/mol. The van der Waals surface area contributed by atoms with Crippen molar-refractivity contribution in [3.63, 3.8) is 0 Å². The number of nitrogens with one attached hydrogen (secondary N) is 1. The Morgan fingerprint density at radius 1 is 1.16 bits per heavy atom. The van der Waals surface area contributed by atoms with Crippen LogP contribution in [0.25, 0.3) is 11.3 Å². The minimum atomic E-state index is 0.185. The van der Waals surface area contributed by atoms with Gasteiger partial charge in [0.15, 0.2) is 0 Å². The van der Waals surface area contributed by atoms with Gasteiger partial charge in [-0.1, -0.05) is 42.5 Å². The van der Waals surface area contributed by atoms with E-state index in [9.17, 15) is 4.79 Å². The van der Waals surface area contributed by atoms with Crippen molar-refractivity contribution in [3.8, 4) is 17.0 Å². The van der Waals surface area contributed by atoms with Gasteiger partial charge in [0, 0.05) is 37.2 Å². The summed E-state index contributed by atoms with van der Waals surface area (Å²) >= 11 is 0. The fourth-order valence-electron chi connectivity index (χ4n) is 4.43. The monoisotopic (exact) mass is 432 g/mol. The van der Waals surface area contributed by atoms with Crippen LogP contribution in [-0.2, 0) is 11.3 Å². The Morgan fingerprint density at radius 3 is 2.75 bits per heavy atom. The van der Waals surface area contributed by atoms with Crippen molar-refractivity contribution in [3.05, 3.63) is 71.9 Å². The lowest BCUT2D eigenvalue weighted by Gasteiger charge is -2.32. The molecule has 0 bridgehead atoms. The molecule has 2 heterocycles. The molecule has 1 amide bonds. The zero-order valence-electron chi connectivity index (χ0n) is 19.1. The second-order valence-electron chi connectivity index (χ2n) is 8.56. The molecule has 1 saturated heterocycles. The molecule has 1 fully saturated rings. The van der Waals surface area contributed by atoms with E-state index in [1.54, 1.807) is 7.11 Å². The molecule has 0 radical (unpaired) electrons. The van der Waals surface area contributed by atoms with Crippen molar-refractivity contribution in [2.24, 2.45) is 0 Å². The summed E-state index contributed by atoms with van der Waals surface area (Å²) in [5, 5.41) is 7.73. The van der Waals surface area contributed by atoms with Crippen LogP contribution in [0.2, 0.25) is 0 Å². The molecule has 2 aromatic carbocycles. The maximum Gasteiger partial charge on any atom is 0.222 e. The minimum Gasteiger partial charge on any atom is -0.497 e. The van der Waals surface area contributed by atoms with Crippen LogP contribution in [0.3, 0.4) is 0 Å². The second kappa shape index (κ2) is 10.0. The summed E-state index contributed by atoms with van der Waals surface area (Å²) in [7, 11) is 3.82. The van der Waals surface area contributed by atoms with Crippen molar-refractivity contribution >= 4 is 5.91 Å². The first-order valence-corrected chi connectivity index (χ1v) is 11.3. The molecule has 1 aromatic heterocycles. The normalized spacial score (nSPS) is 17.9. The molecule has 4 rings (SSSR count). The number of benzene rings is 2. The van der Waals surface area contributed by atoms with E-state index in [0.717, 1.165) is 47.7 Å². The fraction of sp³-hybridized carbons (Fsp3) is 0.385. The third-order valence-corrected chi connectivity index (χ3v) is 6.59. The second-order valence-corrected chi connectivity index (χ2v) is 8.56. The van der Waals surface area contributed by atoms with Crippen molar-refractivity contribution in [1.82, 2.24) is 20.0 Å². The van der Waals surface area contributed by atoms with E-state index < -0.39 is 0 Å². The van der Waals surface area contributed by atoms with E-state index >= 15 is 0 Å². The lowest BCUT2D eigenvalue weighted by molar-refractivity contribution is -0.131. The molecule has 0 spiro atoms. The molecule has 1 aliphatic heterocycles. The Bertz CT molecular complexity index is 1030. The number of H-pyrrole nitrogens is 1. The van der Waals surface area contributed by atoms with E-state index in [2.05, 4.69) is 53.3 Å². The summed E-state index contributed by atoms with van der Waals surface area (Å²) in [6.07, 6.45) is 2.40. The van der Waals surface area contributed by atoms with Gasteiger partial charge in [0.05, 0.1) is 18.5 Å². The van der Waals surface area contributed by atoms with E-state index in [4.69, 9.17) is 4.74 Å². The molecule has 2 unspecified atom stereocenters. The van der Waals surface area contributed by atoms with Gasteiger partial charge in [-0.3, -0.25) is 14.8 Å². The van der Waals surface area contributed by atoms with Crippen LogP contribution in [0.15, 0.2) is 60.7 Å². The van der Waals surface area contributed by atoms with Crippen LogP contribution >= 0.6 is 0 Å². The Balaban J connectivity index is 1.40. The average molecular weight is 433 g/mol. The number of carbonyl (C=O) groups is 1. The molecule has 0 saturated carbocycles. The number of aromatic amines is 1. The number of methoxy groups -OCH3 is 1. The zero-order valence-corrected chi connectivity index (χ0v) is 19.1. The lowest BCUT2D eigenvalue weighted by atomic mass is 10.0. The Morgan fingerprint density at radius 2 is 1.97 bits per heavy atom. The number of ether oxygens (including phenoxy) is 1. The highest BCUT2D eigenvalue weighted by atomic mass is 16.5. The van der Waals surface area contributed by atoms with Gasteiger partial charge in [-0.15, -0.1) is 0 Å². The highest BCUT2D eigenvalue weighted by molar-refractivity contribution is 5.76. The zero-order chi connectivity index (χ0) is 22.5. The molecule has 1 N–H and O–H groups in total. The van der Waals surface area contributed by atoms with Crippen LogP contribution in [0.4, 0.5) is 0 Å². The SMILES string of the molecule is COc1cccc(CN2CCC(N(C)C(C)c3cc(-c4ccccc4)n[nH]3)CCC2=O)c1. The van der Waals surface area contributed by atoms with E-state index in [-0.39, 0.29) is 11.9 Å². The van der Waals surface area contributed by atoms with Gasteiger partial charge in [0.25, 0.3) is 0 Å². The maximum atomic E-state index is 12.8. The third kappa shape index (κ3) is 5.02. The minimum absolute atomic E-state index is 0.185. The highest BCUT2D eigenvalue weighted by Crippen LogP contribution is 2.28. The first-order valence-electron chi connectivity index (χ1n) is 11.3. The largest absolute Gasteiger partial charge is 0.497 e. The van der Waals surface area contributed by atoms with Gasteiger partial charge < -0.3 is 9.64 Å². The van der Waals surface area contributed by atoms with Crippen LogP contribution in [0, 0.1) is 0 Å². The van der Waals surface area contributed by atoms with Crippen LogP contribution in [0.5, 0.6) is 5.75 Å². The van der Waals surface area contributed by atoms with Gasteiger partial charge in [-0.25, -0.2) is 0 Å². The van der Waals surface area contributed by atoms with Crippen molar-refractivity contribution in [1.29, 1.82) is 0 Å². The third-order valence-electron chi connectivity index (χ3n) is 6.59. The quantitative estimate of drug-likeness (QED) is 0.590. The van der Waals surface area contributed by atoms with Gasteiger partial charge >= 0.3 is 0 Å². The van der Waals surface area contributed by atoms with E-state index in [0.29, 0.717) is 19.0 Å². The topological polar surface area (TPSA) is 61.5 Å². The van der Waals surface area contributed by atoms with E-state index in [1.807, 2.05) is 41.3 Å². The number of aromatic nitrogens is 2. The number of likely N-dealkylation sites (tertiary alicyclic amines) is 1. The smallest absolute Gasteiger partial charge is 0.222 e. The average Bonchev–Trinajstić information content (AvgIpc) is 3.26. The first-order chi connectivity index (χ1) is 15.5. The number of nitrogens with zero attached hydrogens (tertiary/aromatic N) is 3. The number of amides is 1. The van der Waals surface area contributed by atoms with Gasteiger partial charge in [0.1, 0.15) is 5.75 Å². The van der Waals surface area contributed by atoms with Gasteiger partial charge in [-0.2, -0.15) is 5.10 Å². The predicted molar refractivity (Wildman–Crippen MR) is 126 cm³/mol. The van der Waals surface area contributed by atoms with E-state index in [1.165, 1.54) is 0 Å². The summed E-state index contributed by atoms with van der Waals surface area (Å²) in [5.41, 5.74) is 4.26. The fourth-order valence-corrected chi connectivity index (χ4v) is 4.43. The van der Waals surface area contributed by atoms with Crippen LogP contribution < -0.4 is 4.74 Å². The number of hydrogen-bond donors (Lipinski definition) is 1. The molecular formula is C26H32N4O2. The first kappa shape index (κ1) is 22.1. The van der Waals surface area contributed by atoms with Gasteiger partial charge in [-0.05, 0) is 50.6 Å². The highest BCUT2D eigenvalue weighted by Gasteiger charge is 2.28. The summed E-state index contributed by atoms with van der Waals surface area (Å²) in [4.78, 5) is 17.2. The Hall–Kier alpha value is -3.12. The molecule has 6 heteroatoms. The summed E-state index contributed by atoms with van der Waals surface area (Å²) in [6, 6.07) is 20.8. The molecule has 6 nitrogen and oxygen atoms in total. The molecule has 3 aromatic rings. The van der Waals surface area contributed by atoms with Crippen molar-refractivity contribution in [2.75, 3.05) is 20.7 Å². The summed E-state index contributed by atoms with van der Waals surface area (Å²) < 4.78 is 5.32. The summed E-state index contributed by atoms with van der Waals surface area (Å²) in [5.74, 6) is 1.05. The maximum absolute atomic E-state index is 12.8. The Kier molecular flexibility index (Phi) is 6.90. The molecule has 1 aliphatic rings. The number of hydrogen-bond acceptors (Lipinski definition) is 4. The predicted octanol–water partition coefficient (Wildman–Crippen LogP) is 4.66. The number of rotatable bonds is 7. The number of carbonyl (C=O) groups excluding carboxylic acids is 1.